The summed E-state index contributed by atoms with van der Waals surface area (Å²) in [5.74, 6) is -1.63. The predicted octanol–water partition coefficient (Wildman–Crippen LogP) is 3.51. The molecular formula is C16H21F2NO2. The van der Waals surface area contributed by atoms with Gasteiger partial charge in [-0.25, -0.2) is 8.78 Å². The molecule has 0 heterocycles. The van der Waals surface area contributed by atoms with Gasteiger partial charge in [0.15, 0.2) is 0 Å². The van der Waals surface area contributed by atoms with Crippen LogP contribution in [0.25, 0.3) is 0 Å². The van der Waals surface area contributed by atoms with Crippen LogP contribution >= 0.6 is 0 Å². The number of carbonyl (C=O) groups excluding carboxylic acids is 1. The van der Waals surface area contributed by atoms with E-state index in [-0.39, 0.29) is 18.1 Å². The Morgan fingerprint density at radius 1 is 1.48 bits per heavy atom. The fourth-order valence-corrected chi connectivity index (χ4v) is 1.96. The molecule has 1 rings (SSSR count). The first-order chi connectivity index (χ1) is 9.99. The molecule has 0 aliphatic carbocycles. The maximum absolute atomic E-state index is 13.8. The fourth-order valence-electron chi connectivity index (χ4n) is 1.96. The molecule has 2 atom stereocenters. The minimum atomic E-state index is -0.661. The third-order valence-corrected chi connectivity index (χ3v) is 3.07. The molecular weight excluding hydrogens is 276 g/mol. The summed E-state index contributed by atoms with van der Waals surface area (Å²) in [4.78, 5) is 12.0. The lowest BCUT2D eigenvalue weighted by Crippen LogP contribution is -2.37. The van der Waals surface area contributed by atoms with E-state index in [0.29, 0.717) is 6.42 Å². The summed E-state index contributed by atoms with van der Waals surface area (Å²) in [5.41, 5.74) is 0.280. The van der Waals surface area contributed by atoms with Gasteiger partial charge in [0.1, 0.15) is 17.7 Å². The summed E-state index contributed by atoms with van der Waals surface area (Å²) in [6, 6.07) is 2.87. The van der Waals surface area contributed by atoms with Crippen molar-refractivity contribution in [3.05, 3.63) is 48.1 Å². The Labute approximate surface area is 124 Å². The molecule has 0 saturated carbocycles. The molecule has 0 fully saturated rings. The van der Waals surface area contributed by atoms with E-state index in [1.54, 1.807) is 13.0 Å². The second kappa shape index (κ2) is 8.52. The molecule has 1 aromatic rings. The Hall–Kier alpha value is -1.75. The first-order valence-electron chi connectivity index (χ1n) is 6.97. The summed E-state index contributed by atoms with van der Waals surface area (Å²) in [6.45, 7) is 7.31. The highest BCUT2D eigenvalue weighted by Gasteiger charge is 2.21. The molecule has 1 aromatic carbocycles. The number of ether oxygens (including phenoxy) is 1. The predicted molar refractivity (Wildman–Crippen MR) is 77.8 cm³/mol. The Kier molecular flexibility index (Phi) is 7.02. The van der Waals surface area contributed by atoms with Gasteiger partial charge in [-0.3, -0.25) is 4.79 Å². The second-order valence-electron chi connectivity index (χ2n) is 4.78. The first kappa shape index (κ1) is 17.3. The zero-order valence-electron chi connectivity index (χ0n) is 12.4. The molecule has 0 bridgehead atoms. The Balaban J connectivity index is 2.81. The summed E-state index contributed by atoms with van der Waals surface area (Å²) in [5, 5.41) is 2.74. The number of amides is 1. The maximum atomic E-state index is 13.8. The van der Waals surface area contributed by atoms with Gasteiger partial charge in [0.2, 0.25) is 5.91 Å². The molecule has 21 heavy (non-hydrogen) atoms. The molecule has 1 N–H and O–H groups in total. The van der Waals surface area contributed by atoms with Crippen LogP contribution in [0.5, 0.6) is 0 Å². The molecule has 0 spiro atoms. The van der Waals surface area contributed by atoms with Gasteiger partial charge < -0.3 is 10.1 Å². The average Bonchev–Trinajstić information content (AvgIpc) is 2.44. The van der Waals surface area contributed by atoms with E-state index in [9.17, 15) is 13.6 Å². The van der Waals surface area contributed by atoms with Gasteiger partial charge in [0.05, 0.1) is 12.6 Å². The molecule has 0 radical (unpaired) electrons. The Bertz CT molecular complexity index is 491. The molecule has 0 unspecified atom stereocenters. The van der Waals surface area contributed by atoms with Gasteiger partial charge in [0.25, 0.3) is 0 Å². The minimum Gasteiger partial charge on any atom is -0.365 e. The lowest BCUT2D eigenvalue weighted by atomic mass is 10.0. The van der Waals surface area contributed by atoms with Crippen LogP contribution in [0.3, 0.4) is 0 Å². The highest BCUT2D eigenvalue weighted by molar-refractivity contribution is 5.80. The summed E-state index contributed by atoms with van der Waals surface area (Å²) in [6.07, 6.45) is 2.20. The van der Waals surface area contributed by atoms with Gasteiger partial charge in [0, 0.05) is 11.6 Å². The van der Waals surface area contributed by atoms with Crippen molar-refractivity contribution >= 4 is 5.91 Å². The monoisotopic (exact) mass is 297 g/mol. The van der Waals surface area contributed by atoms with Crippen molar-refractivity contribution in [2.75, 3.05) is 6.61 Å². The Morgan fingerprint density at radius 3 is 2.76 bits per heavy atom. The van der Waals surface area contributed by atoms with Gasteiger partial charge in [-0.05, 0) is 19.4 Å². The van der Waals surface area contributed by atoms with Crippen LogP contribution in [0.1, 0.15) is 38.3 Å². The fraction of sp³-hybridized carbons (Fsp3) is 0.438. The smallest absolute Gasteiger partial charge is 0.249 e. The zero-order valence-corrected chi connectivity index (χ0v) is 12.4. The van der Waals surface area contributed by atoms with Gasteiger partial charge in [-0.1, -0.05) is 25.5 Å². The highest BCUT2D eigenvalue weighted by Crippen LogP contribution is 2.22. The van der Waals surface area contributed by atoms with E-state index in [0.717, 1.165) is 12.5 Å². The number of hydrogen-bond donors (Lipinski definition) is 1. The van der Waals surface area contributed by atoms with E-state index >= 15 is 0 Å². The van der Waals surface area contributed by atoms with E-state index in [1.165, 1.54) is 12.1 Å². The lowest BCUT2D eigenvalue weighted by Gasteiger charge is -2.21. The number of halogens is 2. The van der Waals surface area contributed by atoms with E-state index in [2.05, 4.69) is 11.9 Å². The number of benzene rings is 1. The summed E-state index contributed by atoms with van der Waals surface area (Å²) in [7, 11) is 0. The zero-order chi connectivity index (χ0) is 15.8. The largest absolute Gasteiger partial charge is 0.365 e. The van der Waals surface area contributed by atoms with Crippen LogP contribution in [-0.4, -0.2) is 18.6 Å². The normalized spacial score (nSPS) is 13.5. The molecule has 0 aromatic heterocycles. The van der Waals surface area contributed by atoms with Crippen molar-refractivity contribution in [3.63, 3.8) is 0 Å². The number of hydrogen-bond acceptors (Lipinski definition) is 2. The Morgan fingerprint density at radius 2 is 2.19 bits per heavy atom. The summed E-state index contributed by atoms with van der Waals surface area (Å²) < 4.78 is 32.0. The lowest BCUT2D eigenvalue weighted by molar-refractivity contribution is -0.131. The van der Waals surface area contributed by atoms with Gasteiger partial charge in [-0.15, -0.1) is 6.58 Å². The van der Waals surface area contributed by atoms with Crippen LogP contribution in [0, 0.1) is 11.6 Å². The van der Waals surface area contributed by atoms with E-state index < -0.39 is 23.8 Å². The van der Waals surface area contributed by atoms with Gasteiger partial charge in [-0.2, -0.15) is 0 Å². The molecule has 5 heteroatoms. The topological polar surface area (TPSA) is 38.3 Å². The van der Waals surface area contributed by atoms with Crippen molar-refractivity contribution < 1.29 is 18.3 Å². The van der Waals surface area contributed by atoms with Crippen LogP contribution in [0.2, 0.25) is 0 Å². The quantitative estimate of drug-likeness (QED) is 0.746. The number of nitrogens with one attached hydrogen (secondary N) is 1. The van der Waals surface area contributed by atoms with Crippen molar-refractivity contribution in [2.45, 2.75) is 38.8 Å². The third kappa shape index (κ3) is 5.27. The first-order valence-corrected chi connectivity index (χ1v) is 6.97. The van der Waals surface area contributed by atoms with Gasteiger partial charge >= 0.3 is 0 Å². The molecule has 1 amide bonds. The van der Waals surface area contributed by atoms with Crippen molar-refractivity contribution in [3.8, 4) is 0 Å². The van der Waals surface area contributed by atoms with Crippen molar-refractivity contribution in [1.29, 1.82) is 0 Å². The standard InChI is InChI=1S/C16H21F2NO2/c1-4-6-15(13-8-7-12(17)10-14(13)18)19-16(20)11(3)21-9-5-2/h5,7-8,10-11,15H,2,4,6,9H2,1,3H3,(H,19,20)/t11-,15-/m0/s1. The highest BCUT2D eigenvalue weighted by atomic mass is 19.1. The molecule has 0 saturated heterocycles. The minimum absolute atomic E-state index is 0.262. The van der Waals surface area contributed by atoms with Crippen LogP contribution in [0.15, 0.2) is 30.9 Å². The number of carbonyl (C=O) groups is 1. The molecule has 116 valence electrons. The SMILES string of the molecule is C=CCO[C@@H](C)C(=O)N[C@@H](CCC)c1ccc(F)cc1F. The second-order valence-corrected chi connectivity index (χ2v) is 4.78. The molecule has 0 aliphatic heterocycles. The van der Waals surface area contributed by atoms with Crippen molar-refractivity contribution in [1.82, 2.24) is 5.32 Å². The van der Waals surface area contributed by atoms with E-state index in [4.69, 9.17) is 4.74 Å². The van der Waals surface area contributed by atoms with Crippen LogP contribution < -0.4 is 5.32 Å². The average molecular weight is 297 g/mol. The molecule has 3 nitrogen and oxygen atoms in total. The summed E-state index contributed by atoms with van der Waals surface area (Å²) >= 11 is 0. The maximum Gasteiger partial charge on any atom is 0.249 e. The molecule has 0 aliphatic rings. The number of rotatable bonds is 8. The third-order valence-electron chi connectivity index (χ3n) is 3.07. The van der Waals surface area contributed by atoms with E-state index in [1.807, 2.05) is 6.92 Å². The van der Waals surface area contributed by atoms with Crippen LogP contribution in [-0.2, 0) is 9.53 Å². The van der Waals surface area contributed by atoms with Crippen LogP contribution in [0.4, 0.5) is 8.78 Å². The van der Waals surface area contributed by atoms with Crippen molar-refractivity contribution in [2.24, 2.45) is 0 Å².